The van der Waals surface area contributed by atoms with Crippen LogP contribution in [-0.2, 0) is 41.6 Å². The Kier molecular flexibility index (Phi) is 17.0. The average molecular weight is 248 g/mol. The van der Waals surface area contributed by atoms with Crippen molar-refractivity contribution in [1.29, 1.82) is 5.26 Å². The largest absolute Gasteiger partial charge is 0.421 e. The second-order valence-electron chi connectivity index (χ2n) is 1.70. The van der Waals surface area contributed by atoms with Crippen LogP contribution in [0.3, 0.4) is 0 Å². The molecule has 0 aromatic rings. The summed E-state index contributed by atoms with van der Waals surface area (Å²) in [6.45, 7) is 8.38. The number of hydrogen-bond donors (Lipinski definition) is 0. The zero-order valence-corrected chi connectivity index (χ0v) is 11.1. The first kappa shape index (κ1) is 17.6. The molecule has 0 aromatic carbocycles. The van der Waals surface area contributed by atoms with E-state index >= 15 is 0 Å². The van der Waals surface area contributed by atoms with Gasteiger partial charge in [0.15, 0.2) is 8.56 Å². The maximum absolute atomic E-state index is 7.21. The Morgan fingerprint density at radius 3 is 1.55 bits per heavy atom. The maximum atomic E-state index is 7.21. The van der Waals surface area contributed by atoms with Crippen molar-refractivity contribution in [1.82, 2.24) is 0 Å². The van der Waals surface area contributed by atoms with Gasteiger partial charge in [-0.2, -0.15) is 0 Å². The summed E-state index contributed by atoms with van der Waals surface area (Å²) in [4.78, 5) is 0. The van der Waals surface area contributed by atoms with Gasteiger partial charge in [-0.3, -0.25) is 6.55 Å². The number of nitrogens with zero attached hydrogens (tertiary/aromatic N) is 1. The normalized spacial score (nSPS) is 8.27. The van der Waals surface area contributed by atoms with E-state index in [0.29, 0.717) is 0 Å². The number of hydrogen-bond acceptors (Lipinski definition) is 3. The van der Waals surface area contributed by atoms with E-state index in [0.717, 1.165) is 0 Å². The Labute approximate surface area is 95.2 Å². The molecule has 0 aliphatic heterocycles. The van der Waals surface area contributed by atoms with Crippen LogP contribution in [0.15, 0.2) is 0 Å². The molecule has 0 unspecified atom stereocenters. The molecule has 1 radical (unpaired) electrons. The van der Waals surface area contributed by atoms with Crippen LogP contribution in [0.25, 0.3) is 0 Å². The summed E-state index contributed by atoms with van der Waals surface area (Å²) in [6.07, 6.45) is 0. The second-order valence-corrected chi connectivity index (χ2v) is 4.78. The van der Waals surface area contributed by atoms with E-state index in [2.05, 4.69) is 13.5 Å². The molecule has 63 valence electrons. The van der Waals surface area contributed by atoms with Crippen molar-refractivity contribution in [3.05, 3.63) is 13.5 Å². The van der Waals surface area contributed by atoms with Crippen molar-refractivity contribution < 1.29 is 41.6 Å². The number of rotatable bonds is 2. The van der Waals surface area contributed by atoms with Crippen LogP contribution in [-0.4, -0.2) is 22.8 Å². The Hall–Kier alpha value is 0.601. The molecule has 11 heavy (non-hydrogen) atoms. The van der Waals surface area contributed by atoms with Gasteiger partial charge < -0.3 is 15.8 Å². The van der Waals surface area contributed by atoms with E-state index in [1.807, 2.05) is 6.55 Å². The monoisotopic (exact) mass is 248 g/mol. The smallest absolute Gasteiger partial charge is 0.173 e. The third-order valence-corrected chi connectivity index (χ3v) is 2.59. The summed E-state index contributed by atoms with van der Waals surface area (Å²) in [5.41, 5.74) is 0. The fraction of sp³-hybridized carbons (Fsp3) is 0.500. The van der Waals surface area contributed by atoms with Crippen LogP contribution < -0.4 is 0 Å². The van der Waals surface area contributed by atoms with Gasteiger partial charge in [0.25, 0.3) is 0 Å². The minimum Gasteiger partial charge on any atom is -0.421 e. The standard InChI is InChI=1S/C4H11O2Si.C2H2N.Y/c1-5-7(3,4)6-2;1-2-3;/h3H2,1-2,4H3;1H2;/q2*-1;. The fourth-order valence-corrected chi connectivity index (χ4v) is 0.250. The Morgan fingerprint density at radius 2 is 1.55 bits per heavy atom. The molecule has 0 aliphatic rings. The van der Waals surface area contributed by atoms with Gasteiger partial charge in [0, 0.05) is 46.9 Å². The second kappa shape index (κ2) is 10.6. The molecular formula is C6H13NO2SiY-2. The topological polar surface area (TPSA) is 42.2 Å². The van der Waals surface area contributed by atoms with Crippen molar-refractivity contribution in [2.45, 2.75) is 6.55 Å². The first-order valence-electron chi connectivity index (χ1n) is 2.66. The van der Waals surface area contributed by atoms with Crippen LogP contribution in [0, 0.1) is 24.8 Å². The molecule has 0 aromatic heterocycles. The van der Waals surface area contributed by atoms with Crippen molar-refractivity contribution in [3.63, 3.8) is 0 Å². The van der Waals surface area contributed by atoms with Crippen molar-refractivity contribution >= 4 is 8.56 Å². The maximum Gasteiger partial charge on any atom is 0.173 e. The summed E-state index contributed by atoms with van der Waals surface area (Å²) in [6, 6.07) is 1.50. The third kappa shape index (κ3) is 18.0. The molecule has 0 rings (SSSR count). The molecule has 0 spiro atoms. The van der Waals surface area contributed by atoms with Gasteiger partial charge in [-0.25, -0.2) is 5.26 Å². The molecule has 0 heterocycles. The van der Waals surface area contributed by atoms with Crippen LogP contribution >= 0.6 is 0 Å². The van der Waals surface area contributed by atoms with E-state index < -0.39 is 8.56 Å². The minimum absolute atomic E-state index is 0. The summed E-state index contributed by atoms with van der Waals surface area (Å²) >= 11 is 0. The quantitative estimate of drug-likeness (QED) is 0.542. The van der Waals surface area contributed by atoms with Gasteiger partial charge in [0.2, 0.25) is 0 Å². The summed E-state index contributed by atoms with van der Waals surface area (Å²) in [5.74, 6) is 0. The molecular weight excluding hydrogens is 235 g/mol. The first-order valence-corrected chi connectivity index (χ1v) is 5.18. The van der Waals surface area contributed by atoms with Gasteiger partial charge >= 0.3 is 0 Å². The molecule has 0 fully saturated rings. The molecule has 0 saturated carbocycles. The van der Waals surface area contributed by atoms with E-state index in [1.165, 1.54) is 6.07 Å². The molecule has 0 N–H and O–H groups in total. The number of nitriles is 1. The Balaban J connectivity index is -0.000000140. The van der Waals surface area contributed by atoms with Gasteiger partial charge in [-0.15, -0.1) is 6.07 Å². The van der Waals surface area contributed by atoms with Gasteiger partial charge in [-0.05, 0) is 6.55 Å². The SMILES string of the molecule is [CH2-]C#N.[CH2-][Si](C)(OC)OC.[Y]. The average Bonchev–Trinajstić information content (AvgIpc) is 1.90. The van der Waals surface area contributed by atoms with Crippen LogP contribution in [0.5, 0.6) is 0 Å². The molecule has 0 bridgehead atoms. The predicted molar refractivity (Wildman–Crippen MR) is 42.0 cm³/mol. The van der Waals surface area contributed by atoms with Gasteiger partial charge in [-0.1, -0.05) is 0 Å². The molecule has 0 amide bonds. The summed E-state index contributed by atoms with van der Waals surface area (Å²) in [5, 5.41) is 7.21. The van der Waals surface area contributed by atoms with Crippen LogP contribution in [0.1, 0.15) is 0 Å². The van der Waals surface area contributed by atoms with E-state index in [4.69, 9.17) is 14.1 Å². The van der Waals surface area contributed by atoms with E-state index in [-0.39, 0.29) is 32.7 Å². The molecule has 0 aliphatic carbocycles. The molecule has 5 heteroatoms. The molecule has 0 saturated heterocycles. The van der Waals surface area contributed by atoms with Crippen molar-refractivity contribution in [2.24, 2.45) is 0 Å². The third-order valence-electron chi connectivity index (χ3n) is 0.864. The van der Waals surface area contributed by atoms with Crippen LogP contribution in [0.4, 0.5) is 0 Å². The van der Waals surface area contributed by atoms with Gasteiger partial charge in [0.1, 0.15) is 0 Å². The molecule has 3 nitrogen and oxygen atoms in total. The molecule has 0 atom stereocenters. The Bertz CT molecular complexity index is 108. The van der Waals surface area contributed by atoms with E-state index in [9.17, 15) is 0 Å². The first-order chi connectivity index (χ1) is 4.54. The fourth-order valence-electron chi connectivity index (χ4n) is 0.0833. The summed E-state index contributed by atoms with van der Waals surface area (Å²) < 4.78 is 9.78. The van der Waals surface area contributed by atoms with Crippen LogP contribution in [0.2, 0.25) is 6.55 Å². The van der Waals surface area contributed by atoms with Gasteiger partial charge in [0.05, 0.1) is 0 Å². The van der Waals surface area contributed by atoms with Crippen molar-refractivity contribution in [3.8, 4) is 6.07 Å². The van der Waals surface area contributed by atoms with E-state index in [1.54, 1.807) is 14.2 Å². The van der Waals surface area contributed by atoms with Crippen molar-refractivity contribution in [2.75, 3.05) is 14.2 Å². The zero-order chi connectivity index (χ0) is 8.62. The predicted octanol–water partition coefficient (Wildman–Crippen LogP) is 1.07. The summed E-state index contributed by atoms with van der Waals surface area (Å²) in [7, 11) is 1.33. The Morgan fingerprint density at radius 1 is 1.36 bits per heavy atom. The zero-order valence-electron chi connectivity index (χ0n) is 7.26. The minimum atomic E-state index is -1.90.